The van der Waals surface area contributed by atoms with Crippen molar-refractivity contribution in [2.24, 2.45) is 0 Å². The van der Waals surface area contributed by atoms with Crippen molar-refractivity contribution in [2.75, 3.05) is 11.1 Å². The Labute approximate surface area is 242 Å². The topological polar surface area (TPSA) is 132 Å². The molecule has 7 rings (SSSR count). The molecule has 0 unspecified atom stereocenters. The Balaban J connectivity index is 1.19. The number of hydrogen-bond donors (Lipinski definition) is 3. The van der Waals surface area contributed by atoms with Gasteiger partial charge in [0, 0.05) is 29.4 Å². The number of nitrogens with one attached hydrogen (secondary N) is 1. The van der Waals surface area contributed by atoms with E-state index in [1.54, 1.807) is 4.68 Å². The first-order valence-corrected chi connectivity index (χ1v) is 14.6. The van der Waals surface area contributed by atoms with E-state index >= 15 is 0 Å². The number of rotatable bonds is 5. The zero-order valence-electron chi connectivity index (χ0n) is 23.2. The number of fused-ring (bicyclic) bond motifs is 2. The van der Waals surface area contributed by atoms with E-state index in [0.717, 1.165) is 72.2 Å². The second-order valence-electron chi connectivity index (χ2n) is 11.3. The average Bonchev–Trinajstić information content (AvgIpc) is 3.54. The molecule has 2 aliphatic rings. The number of para-hydroxylation sites is 1. The largest absolute Gasteiger partial charge is 0.393 e. The van der Waals surface area contributed by atoms with Crippen LogP contribution >= 0.6 is 0 Å². The second-order valence-corrected chi connectivity index (χ2v) is 11.3. The smallest absolute Gasteiger partial charge is 0.284 e. The summed E-state index contributed by atoms with van der Waals surface area (Å²) in [5.74, 6) is 0.269. The van der Waals surface area contributed by atoms with Crippen molar-refractivity contribution >= 4 is 22.9 Å². The maximum absolute atomic E-state index is 13.6. The molecule has 2 aromatic carbocycles. The minimum atomic E-state index is -0.401. The van der Waals surface area contributed by atoms with Crippen LogP contribution in [0, 0.1) is 0 Å². The van der Waals surface area contributed by atoms with Crippen molar-refractivity contribution in [1.29, 1.82) is 0 Å². The van der Waals surface area contributed by atoms with Crippen LogP contribution in [0.1, 0.15) is 66.2 Å². The summed E-state index contributed by atoms with van der Waals surface area (Å²) in [7, 11) is 0. The first-order chi connectivity index (χ1) is 20.5. The molecule has 4 heterocycles. The number of carbonyl (C=O) groups is 1. The van der Waals surface area contributed by atoms with Crippen LogP contribution in [0.3, 0.4) is 0 Å². The summed E-state index contributed by atoms with van der Waals surface area (Å²) in [5.41, 5.74) is 12.0. The molecular formula is C32H33N7O3. The zero-order chi connectivity index (χ0) is 28.8. The lowest BCUT2D eigenvalue weighted by molar-refractivity contribution is 0.102. The Morgan fingerprint density at radius 2 is 1.76 bits per heavy atom. The van der Waals surface area contributed by atoms with E-state index in [-0.39, 0.29) is 23.1 Å². The predicted molar refractivity (Wildman–Crippen MR) is 161 cm³/mol. The number of nitrogen functional groups attached to an aromatic ring is 1. The Morgan fingerprint density at radius 1 is 1.00 bits per heavy atom. The van der Waals surface area contributed by atoms with E-state index in [0.29, 0.717) is 24.5 Å². The Morgan fingerprint density at radius 3 is 2.52 bits per heavy atom. The standard InChI is InChI=1S/C32H33N7O3/c33-30-29-25(18-27(38(29)35-19-34-30)21-11-15-24(40)16-12-21)20-9-13-22(14-10-20)36-31(41)28-26-8-4-5-17-37(26)39(32(28)42)23-6-2-1-3-7-23/h1-3,6-7,9-10,13-14,18-19,21,24,40H,4-5,8,11-12,15-17H2,(H,36,41)(H2,33,34,35)/t21-,24-. The van der Waals surface area contributed by atoms with Gasteiger partial charge in [-0.3, -0.25) is 14.3 Å². The number of aliphatic hydroxyl groups excluding tert-OH is 1. The molecule has 3 aromatic heterocycles. The molecule has 10 heteroatoms. The number of carbonyl (C=O) groups excluding carboxylic acids is 1. The molecule has 1 saturated carbocycles. The highest BCUT2D eigenvalue weighted by Gasteiger charge is 2.28. The maximum atomic E-state index is 13.6. The van der Waals surface area contributed by atoms with Gasteiger partial charge in [-0.15, -0.1) is 0 Å². The van der Waals surface area contributed by atoms with Crippen LogP contribution < -0.4 is 16.6 Å². The van der Waals surface area contributed by atoms with Crippen LogP contribution in [0.5, 0.6) is 0 Å². The lowest BCUT2D eigenvalue weighted by atomic mass is 9.85. The molecule has 42 heavy (non-hydrogen) atoms. The maximum Gasteiger partial charge on any atom is 0.284 e. The van der Waals surface area contributed by atoms with E-state index < -0.39 is 5.91 Å². The van der Waals surface area contributed by atoms with E-state index in [1.165, 1.54) is 6.33 Å². The number of nitrogens with zero attached hydrogens (tertiary/aromatic N) is 5. The molecule has 0 radical (unpaired) electrons. The zero-order valence-corrected chi connectivity index (χ0v) is 23.2. The number of aromatic nitrogens is 5. The fourth-order valence-corrected chi connectivity index (χ4v) is 6.59. The number of nitrogens with two attached hydrogens (primary N) is 1. The van der Waals surface area contributed by atoms with Gasteiger partial charge in [0.2, 0.25) is 0 Å². The first-order valence-electron chi connectivity index (χ1n) is 14.6. The molecule has 214 valence electrons. The highest BCUT2D eigenvalue weighted by molar-refractivity contribution is 6.05. The van der Waals surface area contributed by atoms with E-state index in [2.05, 4.69) is 21.5 Å². The molecule has 0 atom stereocenters. The SMILES string of the molecule is Nc1ncnn2c1c(-c1ccc(NC(=O)c3c4n(n(-c5ccccc5)c3=O)CCCC4)cc1)cc2[C@H]1CC[C@H](O)CC1. The Hall–Kier alpha value is -4.70. The summed E-state index contributed by atoms with van der Waals surface area (Å²) in [5, 5.41) is 17.5. The van der Waals surface area contributed by atoms with Crippen molar-refractivity contribution in [3.05, 3.63) is 94.3 Å². The normalized spacial score (nSPS) is 18.6. The van der Waals surface area contributed by atoms with Crippen LogP contribution in [0.4, 0.5) is 11.5 Å². The fraction of sp³-hybridized carbons (Fsp3) is 0.312. The van der Waals surface area contributed by atoms with Gasteiger partial charge in [0.1, 0.15) is 17.4 Å². The lowest BCUT2D eigenvalue weighted by Crippen LogP contribution is -2.25. The van der Waals surface area contributed by atoms with Gasteiger partial charge in [0.25, 0.3) is 11.5 Å². The van der Waals surface area contributed by atoms with Crippen LogP contribution in [-0.4, -0.2) is 41.1 Å². The summed E-state index contributed by atoms with van der Waals surface area (Å²) < 4.78 is 5.46. The van der Waals surface area contributed by atoms with E-state index in [1.807, 2.05) is 63.8 Å². The molecule has 1 amide bonds. The van der Waals surface area contributed by atoms with Crippen LogP contribution in [0.25, 0.3) is 22.3 Å². The number of benzene rings is 2. The Kier molecular flexibility index (Phi) is 6.62. The molecule has 10 nitrogen and oxygen atoms in total. The summed E-state index contributed by atoms with van der Waals surface area (Å²) in [6.07, 6.45) is 7.12. The van der Waals surface area contributed by atoms with Crippen LogP contribution in [0.2, 0.25) is 0 Å². The van der Waals surface area contributed by atoms with Crippen LogP contribution in [-0.2, 0) is 13.0 Å². The quantitative estimate of drug-likeness (QED) is 0.288. The van der Waals surface area contributed by atoms with E-state index in [4.69, 9.17) is 5.73 Å². The third-order valence-electron chi connectivity index (χ3n) is 8.69. The molecular weight excluding hydrogens is 530 g/mol. The third-order valence-corrected chi connectivity index (χ3v) is 8.69. The molecule has 0 spiro atoms. The summed E-state index contributed by atoms with van der Waals surface area (Å²) in [6, 6.07) is 19.1. The molecule has 5 aromatic rings. The van der Waals surface area contributed by atoms with Crippen molar-refractivity contribution < 1.29 is 9.90 Å². The molecule has 1 aliphatic carbocycles. The average molecular weight is 564 g/mol. The molecule has 1 aliphatic heterocycles. The third kappa shape index (κ3) is 4.48. The molecule has 0 saturated heterocycles. The van der Waals surface area contributed by atoms with Gasteiger partial charge in [-0.25, -0.2) is 14.2 Å². The minimum absolute atomic E-state index is 0.202. The first kappa shape index (κ1) is 26.2. The van der Waals surface area contributed by atoms with Gasteiger partial charge < -0.3 is 16.2 Å². The summed E-state index contributed by atoms with van der Waals surface area (Å²) in [4.78, 5) is 31.3. The van der Waals surface area contributed by atoms with Gasteiger partial charge in [-0.2, -0.15) is 5.10 Å². The molecule has 1 fully saturated rings. The van der Waals surface area contributed by atoms with Crippen molar-refractivity contribution in [3.8, 4) is 16.8 Å². The second kappa shape index (κ2) is 10.6. The van der Waals surface area contributed by atoms with Gasteiger partial charge in [0.05, 0.1) is 17.5 Å². The van der Waals surface area contributed by atoms with Crippen molar-refractivity contribution in [1.82, 2.24) is 24.0 Å². The highest BCUT2D eigenvalue weighted by atomic mass is 16.3. The number of amides is 1. The van der Waals surface area contributed by atoms with Gasteiger partial charge in [0.15, 0.2) is 5.82 Å². The molecule has 4 N–H and O–H groups in total. The number of aliphatic hydroxyl groups is 1. The summed E-state index contributed by atoms with van der Waals surface area (Å²) >= 11 is 0. The van der Waals surface area contributed by atoms with Crippen molar-refractivity contribution in [2.45, 2.75) is 63.5 Å². The highest BCUT2D eigenvalue weighted by Crippen LogP contribution is 2.39. The minimum Gasteiger partial charge on any atom is -0.393 e. The lowest BCUT2D eigenvalue weighted by Gasteiger charge is -2.24. The van der Waals surface area contributed by atoms with Gasteiger partial charge in [-0.1, -0.05) is 30.3 Å². The predicted octanol–water partition coefficient (Wildman–Crippen LogP) is 4.54. The monoisotopic (exact) mass is 563 g/mol. The Bertz CT molecular complexity index is 1830. The fourth-order valence-electron chi connectivity index (χ4n) is 6.59. The number of hydrogen-bond acceptors (Lipinski definition) is 6. The van der Waals surface area contributed by atoms with Crippen LogP contribution in [0.15, 0.2) is 71.8 Å². The van der Waals surface area contributed by atoms with Gasteiger partial charge >= 0.3 is 0 Å². The summed E-state index contributed by atoms with van der Waals surface area (Å²) in [6.45, 7) is 0.698. The van der Waals surface area contributed by atoms with Crippen molar-refractivity contribution in [3.63, 3.8) is 0 Å². The number of anilines is 2. The van der Waals surface area contributed by atoms with E-state index in [9.17, 15) is 14.7 Å². The van der Waals surface area contributed by atoms with Gasteiger partial charge in [-0.05, 0) is 80.8 Å². The molecule has 0 bridgehead atoms.